The first-order valence-electron chi connectivity index (χ1n) is 5.63. The Labute approximate surface area is 120 Å². The minimum absolute atomic E-state index is 0.0877. The Morgan fingerprint density at radius 1 is 1.42 bits per heavy atom. The van der Waals surface area contributed by atoms with Crippen LogP contribution in [0.15, 0.2) is 35.7 Å². The molecule has 0 spiro atoms. The van der Waals surface area contributed by atoms with Crippen molar-refractivity contribution in [3.05, 3.63) is 35.6 Å². The Bertz CT molecular complexity index is 569. The Balaban J connectivity index is 1.96. The van der Waals surface area contributed by atoms with Gasteiger partial charge in [-0.05, 0) is 31.2 Å². The van der Waals surface area contributed by atoms with Gasteiger partial charge in [0.25, 0.3) is 0 Å². The van der Waals surface area contributed by atoms with Crippen LogP contribution in [0.5, 0.6) is 0 Å². The van der Waals surface area contributed by atoms with E-state index in [1.807, 2.05) is 14.0 Å². The van der Waals surface area contributed by atoms with E-state index in [0.29, 0.717) is 10.2 Å². The molecule has 1 aromatic carbocycles. The molecular weight excluding hydrogens is 284 g/mol. The summed E-state index contributed by atoms with van der Waals surface area (Å²) in [6.07, 6.45) is 1.60. The fourth-order valence-electron chi connectivity index (χ4n) is 1.37. The van der Waals surface area contributed by atoms with Crippen LogP contribution in [0.25, 0.3) is 0 Å². The largest absolute Gasteiger partial charge is 0.325 e. The average Bonchev–Trinajstić information content (AvgIpc) is 2.78. The predicted molar refractivity (Wildman–Crippen MR) is 76.4 cm³/mol. The van der Waals surface area contributed by atoms with E-state index in [4.69, 9.17) is 11.6 Å². The molecule has 1 N–H and O–H groups in total. The number of rotatable bonds is 4. The third-order valence-corrected chi connectivity index (χ3v) is 3.83. The number of aryl methyl sites for hydroxylation is 1. The standard InChI is InChI=1S/C12H13ClN4OS/c1-8(19-12-16-14-7-17(12)2)11(18)15-10-5-3-9(13)4-6-10/h3-8H,1-2H3,(H,15,18)/t8-/m1/s1. The highest BCUT2D eigenvalue weighted by Crippen LogP contribution is 2.21. The SMILES string of the molecule is C[C@@H](Sc1nncn1C)C(=O)Nc1ccc(Cl)cc1. The number of benzene rings is 1. The number of carbonyl (C=O) groups is 1. The second-order valence-corrected chi connectivity index (χ2v) is 5.73. The van der Waals surface area contributed by atoms with Crippen molar-refractivity contribution in [3.63, 3.8) is 0 Å². The summed E-state index contributed by atoms with van der Waals surface area (Å²) in [6, 6.07) is 7.00. The van der Waals surface area contributed by atoms with E-state index < -0.39 is 0 Å². The molecule has 0 aliphatic carbocycles. The summed E-state index contributed by atoms with van der Waals surface area (Å²) in [7, 11) is 1.84. The molecule has 19 heavy (non-hydrogen) atoms. The molecule has 0 radical (unpaired) electrons. The summed E-state index contributed by atoms with van der Waals surface area (Å²) in [6.45, 7) is 1.82. The molecule has 2 rings (SSSR count). The average molecular weight is 297 g/mol. The number of carbonyl (C=O) groups excluding carboxylic acids is 1. The molecule has 100 valence electrons. The predicted octanol–water partition coefficient (Wildman–Crippen LogP) is 2.59. The van der Waals surface area contributed by atoms with Gasteiger partial charge in [0.2, 0.25) is 5.91 Å². The van der Waals surface area contributed by atoms with Crippen LogP contribution in [0.3, 0.4) is 0 Å². The molecule has 1 heterocycles. The lowest BCUT2D eigenvalue weighted by Crippen LogP contribution is -2.22. The molecule has 0 aliphatic rings. The van der Waals surface area contributed by atoms with E-state index in [1.54, 1.807) is 35.2 Å². The highest BCUT2D eigenvalue weighted by molar-refractivity contribution is 8.00. The number of nitrogens with one attached hydrogen (secondary N) is 1. The zero-order valence-electron chi connectivity index (χ0n) is 10.5. The molecule has 0 unspecified atom stereocenters. The zero-order valence-corrected chi connectivity index (χ0v) is 12.1. The maximum absolute atomic E-state index is 12.0. The zero-order chi connectivity index (χ0) is 13.8. The number of halogens is 1. The molecule has 2 aromatic rings. The van der Waals surface area contributed by atoms with Gasteiger partial charge in [-0.25, -0.2) is 0 Å². The summed E-state index contributed by atoms with van der Waals surface area (Å²) in [4.78, 5) is 12.0. The van der Waals surface area contributed by atoms with Gasteiger partial charge in [-0.3, -0.25) is 4.79 Å². The smallest absolute Gasteiger partial charge is 0.237 e. The van der Waals surface area contributed by atoms with E-state index in [9.17, 15) is 4.79 Å². The van der Waals surface area contributed by atoms with Crippen molar-refractivity contribution in [2.24, 2.45) is 7.05 Å². The molecular formula is C12H13ClN4OS. The normalized spacial score (nSPS) is 12.2. The molecule has 1 aromatic heterocycles. The Morgan fingerprint density at radius 2 is 2.11 bits per heavy atom. The van der Waals surface area contributed by atoms with Gasteiger partial charge in [-0.1, -0.05) is 23.4 Å². The number of aromatic nitrogens is 3. The van der Waals surface area contributed by atoms with Gasteiger partial charge in [0.1, 0.15) is 6.33 Å². The van der Waals surface area contributed by atoms with Crippen molar-refractivity contribution in [2.45, 2.75) is 17.3 Å². The lowest BCUT2D eigenvalue weighted by molar-refractivity contribution is -0.115. The Hall–Kier alpha value is -1.53. The van der Waals surface area contributed by atoms with Gasteiger partial charge in [-0.2, -0.15) is 0 Å². The van der Waals surface area contributed by atoms with E-state index >= 15 is 0 Å². The van der Waals surface area contributed by atoms with Crippen LogP contribution in [0, 0.1) is 0 Å². The van der Waals surface area contributed by atoms with Gasteiger partial charge in [0, 0.05) is 17.8 Å². The molecule has 0 bridgehead atoms. The Kier molecular flexibility index (Phi) is 4.44. The summed E-state index contributed by atoms with van der Waals surface area (Å²) < 4.78 is 1.77. The maximum atomic E-state index is 12.0. The minimum atomic E-state index is -0.265. The van der Waals surface area contributed by atoms with E-state index in [1.165, 1.54) is 11.8 Å². The first kappa shape index (κ1) is 13.9. The molecule has 0 saturated heterocycles. The Morgan fingerprint density at radius 3 is 2.68 bits per heavy atom. The van der Waals surface area contributed by atoms with E-state index in [2.05, 4.69) is 15.5 Å². The second-order valence-electron chi connectivity index (χ2n) is 3.98. The summed E-state index contributed by atoms with van der Waals surface area (Å²) in [5, 5.41) is 11.6. The fraction of sp³-hybridized carbons (Fsp3) is 0.250. The third kappa shape index (κ3) is 3.71. The topological polar surface area (TPSA) is 59.8 Å². The molecule has 1 amide bonds. The van der Waals surface area contributed by atoms with Crippen molar-refractivity contribution in [2.75, 3.05) is 5.32 Å². The molecule has 0 saturated carbocycles. The van der Waals surface area contributed by atoms with Crippen LogP contribution < -0.4 is 5.32 Å². The van der Waals surface area contributed by atoms with Crippen molar-refractivity contribution in [1.82, 2.24) is 14.8 Å². The van der Waals surface area contributed by atoms with Gasteiger partial charge < -0.3 is 9.88 Å². The number of anilines is 1. The van der Waals surface area contributed by atoms with Crippen molar-refractivity contribution < 1.29 is 4.79 Å². The quantitative estimate of drug-likeness (QED) is 0.881. The number of amides is 1. The molecule has 0 fully saturated rings. The summed E-state index contributed by atoms with van der Waals surface area (Å²) in [5.41, 5.74) is 0.722. The first-order valence-corrected chi connectivity index (χ1v) is 6.89. The third-order valence-electron chi connectivity index (χ3n) is 2.43. The van der Waals surface area contributed by atoms with Gasteiger partial charge in [-0.15, -0.1) is 10.2 Å². The van der Waals surface area contributed by atoms with E-state index in [0.717, 1.165) is 5.69 Å². The van der Waals surface area contributed by atoms with Crippen LogP contribution in [0.4, 0.5) is 5.69 Å². The lowest BCUT2D eigenvalue weighted by atomic mass is 10.3. The molecule has 7 heteroatoms. The number of thioether (sulfide) groups is 1. The monoisotopic (exact) mass is 296 g/mol. The van der Waals surface area contributed by atoms with Crippen LogP contribution in [0.2, 0.25) is 5.02 Å². The van der Waals surface area contributed by atoms with Crippen molar-refractivity contribution in [3.8, 4) is 0 Å². The van der Waals surface area contributed by atoms with Crippen LogP contribution >= 0.6 is 23.4 Å². The van der Waals surface area contributed by atoms with Gasteiger partial charge in [0.15, 0.2) is 5.16 Å². The molecule has 1 atom stereocenters. The number of hydrogen-bond acceptors (Lipinski definition) is 4. The number of hydrogen-bond donors (Lipinski definition) is 1. The van der Waals surface area contributed by atoms with Crippen molar-refractivity contribution >= 4 is 35.0 Å². The van der Waals surface area contributed by atoms with Crippen LogP contribution in [-0.4, -0.2) is 25.9 Å². The highest BCUT2D eigenvalue weighted by Gasteiger charge is 2.17. The molecule has 5 nitrogen and oxygen atoms in total. The number of nitrogens with zero attached hydrogens (tertiary/aromatic N) is 3. The lowest BCUT2D eigenvalue weighted by Gasteiger charge is -2.11. The van der Waals surface area contributed by atoms with Gasteiger partial charge >= 0.3 is 0 Å². The fourth-order valence-corrected chi connectivity index (χ4v) is 2.28. The summed E-state index contributed by atoms with van der Waals surface area (Å²) in [5.74, 6) is -0.0877. The highest BCUT2D eigenvalue weighted by atomic mass is 35.5. The van der Waals surface area contributed by atoms with Crippen LogP contribution in [-0.2, 0) is 11.8 Å². The molecule has 0 aliphatic heterocycles. The first-order chi connectivity index (χ1) is 9.06. The van der Waals surface area contributed by atoms with Crippen LogP contribution in [0.1, 0.15) is 6.92 Å². The summed E-state index contributed by atoms with van der Waals surface area (Å²) >= 11 is 7.15. The second kappa shape index (κ2) is 6.08. The van der Waals surface area contributed by atoms with Gasteiger partial charge in [0.05, 0.1) is 5.25 Å². The maximum Gasteiger partial charge on any atom is 0.237 e. The van der Waals surface area contributed by atoms with Crippen molar-refractivity contribution in [1.29, 1.82) is 0 Å². The van der Waals surface area contributed by atoms with E-state index in [-0.39, 0.29) is 11.2 Å². The minimum Gasteiger partial charge on any atom is -0.325 e.